The predicted molar refractivity (Wildman–Crippen MR) is 121 cm³/mol. The van der Waals surface area contributed by atoms with Gasteiger partial charge in [-0.1, -0.05) is 59.4 Å². The molecule has 1 heterocycles. The van der Waals surface area contributed by atoms with E-state index in [9.17, 15) is 4.79 Å². The first-order chi connectivity index (χ1) is 13.7. The smallest absolute Gasteiger partial charge is 0.234 e. The van der Waals surface area contributed by atoms with Gasteiger partial charge in [0.2, 0.25) is 5.91 Å². The van der Waals surface area contributed by atoms with Crippen molar-refractivity contribution in [1.29, 1.82) is 0 Å². The first-order valence-corrected chi connectivity index (χ1v) is 11.5. The first-order valence-electron chi connectivity index (χ1n) is 8.48. The largest absolute Gasteiger partial charge is 0.324 e. The van der Waals surface area contributed by atoms with Gasteiger partial charge in [-0.25, -0.2) is 4.98 Å². The van der Waals surface area contributed by atoms with Crippen molar-refractivity contribution in [2.75, 3.05) is 11.1 Å². The number of hydrogen-bond acceptors (Lipinski definition) is 5. The number of thiazole rings is 1. The lowest BCUT2D eigenvalue weighted by Gasteiger charge is -2.10. The van der Waals surface area contributed by atoms with Crippen molar-refractivity contribution in [1.82, 2.24) is 4.98 Å². The van der Waals surface area contributed by atoms with E-state index in [0.29, 0.717) is 10.8 Å². The number of carbonyl (C=O) groups is 1. The summed E-state index contributed by atoms with van der Waals surface area (Å²) in [5, 5.41) is 3.72. The summed E-state index contributed by atoms with van der Waals surface area (Å²) in [6.07, 6.45) is 0. The molecule has 0 radical (unpaired) electrons. The van der Waals surface area contributed by atoms with Crippen molar-refractivity contribution >= 4 is 68.3 Å². The van der Waals surface area contributed by atoms with E-state index in [0.717, 1.165) is 30.0 Å². The molecule has 0 saturated carbocycles. The summed E-state index contributed by atoms with van der Waals surface area (Å²) in [5.41, 5.74) is 1.78. The SMILES string of the molecule is O=C(CSc1nc2ccccc2s1)Nc1ccccc1Sc1ccc(Cl)cc1. The standard InChI is InChI=1S/C21H15ClN2OS3/c22-14-9-11-15(12-10-14)27-18-7-3-1-5-16(18)23-20(25)13-26-21-24-17-6-2-4-8-19(17)28-21/h1-12H,13H2,(H,23,25). The van der Waals surface area contributed by atoms with Crippen LogP contribution in [0.1, 0.15) is 0 Å². The van der Waals surface area contributed by atoms with Gasteiger partial charge < -0.3 is 5.32 Å². The Balaban J connectivity index is 1.40. The van der Waals surface area contributed by atoms with E-state index in [-0.39, 0.29) is 5.91 Å². The minimum Gasteiger partial charge on any atom is -0.324 e. The van der Waals surface area contributed by atoms with Crippen molar-refractivity contribution in [3.8, 4) is 0 Å². The van der Waals surface area contributed by atoms with Crippen LogP contribution in [0, 0.1) is 0 Å². The average Bonchev–Trinajstić information content (AvgIpc) is 3.13. The lowest BCUT2D eigenvalue weighted by molar-refractivity contribution is -0.113. The van der Waals surface area contributed by atoms with Gasteiger partial charge >= 0.3 is 0 Å². The topological polar surface area (TPSA) is 42.0 Å². The summed E-state index contributed by atoms with van der Waals surface area (Å²) < 4.78 is 2.04. The minimum absolute atomic E-state index is 0.0478. The van der Waals surface area contributed by atoms with Crippen molar-refractivity contribution in [3.63, 3.8) is 0 Å². The van der Waals surface area contributed by atoms with Crippen LogP contribution in [-0.4, -0.2) is 16.6 Å². The van der Waals surface area contributed by atoms with E-state index in [1.165, 1.54) is 11.8 Å². The molecule has 3 nitrogen and oxygen atoms in total. The van der Waals surface area contributed by atoms with E-state index in [4.69, 9.17) is 11.6 Å². The Bertz CT molecular complexity index is 1080. The predicted octanol–water partition coefficient (Wildman–Crippen LogP) is 6.83. The van der Waals surface area contributed by atoms with Crippen LogP contribution in [0.15, 0.2) is 86.9 Å². The highest BCUT2D eigenvalue weighted by molar-refractivity contribution is 8.01. The van der Waals surface area contributed by atoms with E-state index < -0.39 is 0 Å². The highest BCUT2D eigenvalue weighted by atomic mass is 35.5. The van der Waals surface area contributed by atoms with Crippen molar-refractivity contribution in [3.05, 3.63) is 77.8 Å². The second-order valence-electron chi connectivity index (χ2n) is 5.84. The summed E-state index contributed by atoms with van der Waals surface area (Å²) in [6, 6.07) is 23.4. The number of benzene rings is 3. The van der Waals surface area contributed by atoms with Gasteiger partial charge in [0.05, 0.1) is 21.7 Å². The van der Waals surface area contributed by atoms with Crippen molar-refractivity contribution in [2.45, 2.75) is 14.1 Å². The second-order valence-corrected chi connectivity index (χ2v) is 9.64. The fraction of sp³-hybridized carbons (Fsp3) is 0.0476. The van der Waals surface area contributed by atoms with Crippen LogP contribution in [0.3, 0.4) is 0 Å². The number of hydrogen-bond donors (Lipinski definition) is 1. The maximum Gasteiger partial charge on any atom is 0.234 e. The number of nitrogens with zero attached hydrogens (tertiary/aromatic N) is 1. The third kappa shape index (κ3) is 4.89. The Morgan fingerprint density at radius 3 is 2.57 bits per heavy atom. The van der Waals surface area contributed by atoms with Gasteiger partial charge in [-0.2, -0.15) is 0 Å². The van der Waals surface area contributed by atoms with E-state index >= 15 is 0 Å². The molecule has 140 valence electrons. The molecular weight excluding hydrogens is 428 g/mol. The highest BCUT2D eigenvalue weighted by Gasteiger charge is 2.10. The Labute approximate surface area is 180 Å². The molecule has 0 atom stereocenters. The molecule has 1 amide bonds. The van der Waals surface area contributed by atoms with Gasteiger partial charge in [-0.15, -0.1) is 11.3 Å². The van der Waals surface area contributed by atoms with Gasteiger partial charge in [-0.05, 0) is 48.5 Å². The number of aromatic nitrogens is 1. The Morgan fingerprint density at radius 2 is 1.75 bits per heavy atom. The number of halogens is 1. The van der Waals surface area contributed by atoms with Crippen molar-refractivity contribution < 1.29 is 4.79 Å². The van der Waals surface area contributed by atoms with Crippen LogP contribution < -0.4 is 5.32 Å². The summed E-state index contributed by atoms with van der Waals surface area (Å²) in [5.74, 6) is 0.271. The Kier molecular flexibility index (Phi) is 6.22. The van der Waals surface area contributed by atoms with Gasteiger partial charge in [-0.3, -0.25) is 4.79 Å². The van der Waals surface area contributed by atoms with Crippen LogP contribution in [-0.2, 0) is 4.79 Å². The lowest BCUT2D eigenvalue weighted by Crippen LogP contribution is -2.14. The van der Waals surface area contributed by atoms with Gasteiger partial charge in [0.15, 0.2) is 4.34 Å². The Morgan fingerprint density at radius 1 is 1.00 bits per heavy atom. The number of fused-ring (bicyclic) bond motifs is 1. The van der Waals surface area contributed by atoms with E-state index in [1.54, 1.807) is 23.1 Å². The highest BCUT2D eigenvalue weighted by Crippen LogP contribution is 2.34. The van der Waals surface area contributed by atoms with Crippen molar-refractivity contribution in [2.24, 2.45) is 0 Å². The molecule has 0 saturated heterocycles. The molecule has 1 aromatic heterocycles. The number of carbonyl (C=O) groups excluding carboxylic acids is 1. The van der Waals surface area contributed by atoms with Crippen LogP contribution in [0.2, 0.25) is 5.02 Å². The van der Waals surface area contributed by atoms with Crippen LogP contribution >= 0.6 is 46.5 Å². The second kappa shape index (κ2) is 9.01. The molecule has 7 heteroatoms. The molecule has 0 aliphatic rings. The zero-order valence-corrected chi connectivity index (χ0v) is 17.8. The number of para-hydroxylation sites is 2. The molecule has 3 aromatic carbocycles. The molecule has 0 aliphatic heterocycles. The maximum atomic E-state index is 12.5. The third-order valence-electron chi connectivity index (χ3n) is 3.80. The lowest BCUT2D eigenvalue weighted by atomic mass is 10.3. The number of rotatable bonds is 6. The molecule has 0 unspecified atom stereocenters. The van der Waals surface area contributed by atoms with E-state index in [1.807, 2.05) is 72.8 Å². The fourth-order valence-corrected chi connectivity index (χ4v) is 5.41. The summed E-state index contributed by atoms with van der Waals surface area (Å²) in [6.45, 7) is 0. The number of anilines is 1. The molecule has 0 spiro atoms. The molecule has 4 aromatic rings. The quantitative estimate of drug-likeness (QED) is 0.332. The third-order valence-corrected chi connectivity index (χ3v) is 7.32. The zero-order chi connectivity index (χ0) is 19.3. The maximum absolute atomic E-state index is 12.5. The summed E-state index contributed by atoms with van der Waals surface area (Å²) >= 11 is 10.6. The van der Waals surface area contributed by atoms with E-state index in [2.05, 4.69) is 10.3 Å². The summed E-state index contributed by atoms with van der Waals surface area (Å²) in [4.78, 5) is 19.1. The molecule has 28 heavy (non-hydrogen) atoms. The monoisotopic (exact) mass is 442 g/mol. The van der Waals surface area contributed by atoms with Gasteiger partial charge in [0.25, 0.3) is 0 Å². The molecule has 4 rings (SSSR count). The Hall–Kier alpha value is -1.99. The molecule has 1 N–H and O–H groups in total. The first kappa shape index (κ1) is 19.3. The molecule has 0 aliphatic carbocycles. The normalized spacial score (nSPS) is 10.9. The average molecular weight is 443 g/mol. The zero-order valence-electron chi connectivity index (χ0n) is 14.6. The van der Waals surface area contributed by atoms with Crippen LogP contribution in [0.4, 0.5) is 5.69 Å². The number of amides is 1. The minimum atomic E-state index is -0.0478. The van der Waals surface area contributed by atoms with Crippen LogP contribution in [0.5, 0.6) is 0 Å². The van der Waals surface area contributed by atoms with Crippen LogP contribution in [0.25, 0.3) is 10.2 Å². The molecule has 0 bridgehead atoms. The summed E-state index contributed by atoms with van der Waals surface area (Å²) in [7, 11) is 0. The van der Waals surface area contributed by atoms with Gasteiger partial charge in [0, 0.05) is 14.8 Å². The fourth-order valence-electron chi connectivity index (χ4n) is 2.51. The number of thioether (sulfide) groups is 1. The molecular formula is C21H15ClN2OS3. The molecule has 0 fully saturated rings. The van der Waals surface area contributed by atoms with Gasteiger partial charge in [0.1, 0.15) is 0 Å². The number of nitrogens with one attached hydrogen (secondary N) is 1.